The number of aliphatic hydroxyl groups excluding tert-OH is 1. The number of hydrogen-bond donors (Lipinski definition) is 1. The van der Waals surface area contributed by atoms with Crippen molar-refractivity contribution >= 4 is 11.6 Å². The van der Waals surface area contributed by atoms with Gasteiger partial charge in [0, 0.05) is 24.2 Å². The van der Waals surface area contributed by atoms with E-state index in [-0.39, 0.29) is 0 Å². The normalized spacial score (nSPS) is 12.7. The van der Waals surface area contributed by atoms with Crippen LogP contribution in [-0.4, -0.2) is 14.9 Å². The van der Waals surface area contributed by atoms with Crippen LogP contribution >= 0.6 is 11.6 Å². The summed E-state index contributed by atoms with van der Waals surface area (Å²) >= 11 is 5.97. The molecule has 0 aliphatic heterocycles. The van der Waals surface area contributed by atoms with Gasteiger partial charge in [0.2, 0.25) is 0 Å². The van der Waals surface area contributed by atoms with Crippen LogP contribution in [0.3, 0.4) is 0 Å². The summed E-state index contributed by atoms with van der Waals surface area (Å²) in [6.07, 6.45) is 3.82. The second kappa shape index (κ2) is 5.55. The Morgan fingerprint density at radius 1 is 1.44 bits per heavy atom. The molecule has 1 N–H and O–H groups in total. The molecule has 1 aromatic carbocycles. The molecule has 96 valence electrons. The van der Waals surface area contributed by atoms with Gasteiger partial charge in [-0.3, -0.25) is 4.68 Å². The molecule has 2 rings (SSSR count). The third-order valence-electron chi connectivity index (χ3n) is 3.01. The number of benzene rings is 1. The molecule has 2 aromatic rings. The molecular weight excluding hydrogens is 248 g/mol. The van der Waals surface area contributed by atoms with Gasteiger partial charge in [0.05, 0.1) is 12.3 Å². The van der Waals surface area contributed by atoms with E-state index in [0.717, 1.165) is 28.3 Å². The van der Waals surface area contributed by atoms with Crippen molar-refractivity contribution in [3.05, 3.63) is 52.3 Å². The first kappa shape index (κ1) is 13.1. The van der Waals surface area contributed by atoms with E-state index in [9.17, 15) is 5.11 Å². The summed E-state index contributed by atoms with van der Waals surface area (Å²) < 4.78 is 1.86. The maximum absolute atomic E-state index is 10.2. The van der Waals surface area contributed by atoms with Crippen molar-refractivity contribution in [2.45, 2.75) is 32.9 Å². The van der Waals surface area contributed by atoms with Gasteiger partial charge in [-0.1, -0.05) is 23.7 Å². The molecule has 18 heavy (non-hydrogen) atoms. The fourth-order valence-electron chi connectivity index (χ4n) is 1.90. The zero-order chi connectivity index (χ0) is 13.1. The van der Waals surface area contributed by atoms with Crippen molar-refractivity contribution in [2.24, 2.45) is 0 Å². The zero-order valence-corrected chi connectivity index (χ0v) is 11.4. The van der Waals surface area contributed by atoms with Gasteiger partial charge in [0.25, 0.3) is 0 Å². The van der Waals surface area contributed by atoms with Crippen LogP contribution in [0.2, 0.25) is 5.02 Å². The van der Waals surface area contributed by atoms with Crippen molar-refractivity contribution in [3.63, 3.8) is 0 Å². The monoisotopic (exact) mass is 264 g/mol. The molecular formula is C14H17ClN2O. The summed E-state index contributed by atoms with van der Waals surface area (Å²) in [5.41, 5.74) is 2.91. The van der Waals surface area contributed by atoms with E-state index in [2.05, 4.69) is 5.10 Å². The van der Waals surface area contributed by atoms with Crippen LogP contribution in [0.1, 0.15) is 29.7 Å². The topological polar surface area (TPSA) is 38.0 Å². The van der Waals surface area contributed by atoms with Gasteiger partial charge in [0.15, 0.2) is 0 Å². The van der Waals surface area contributed by atoms with Crippen LogP contribution in [0.25, 0.3) is 0 Å². The van der Waals surface area contributed by atoms with Gasteiger partial charge in [-0.2, -0.15) is 5.10 Å². The van der Waals surface area contributed by atoms with Crippen molar-refractivity contribution in [2.75, 3.05) is 0 Å². The third kappa shape index (κ3) is 2.92. The van der Waals surface area contributed by atoms with Crippen molar-refractivity contribution in [1.29, 1.82) is 0 Å². The van der Waals surface area contributed by atoms with Crippen molar-refractivity contribution < 1.29 is 5.11 Å². The molecule has 1 unspecified atom stereocenters. The van der Waals surface area contributed by atoms with Gasteiger partial charge < -0.3 is 5.11 Å². The van der Waals surface area contributed by atoms with Gasteiger partial charge in [-0.25, -0.2) is 0 Å². The number of nitrogens with zero attached hydrogens (tertiary/aromatic N) is 2. The standard InChI is InChI=1S/C14H17ClN2O/c1-3-17-9-11(8-16-17)7-14(18)12-4-5-13(15)10(2)6-12/h4-6,8-9,14,18H,3,7H2,1-2H3. The summed E-state index contributed by atoms with van der Waals surface area (Å²) in [6.45, 7) is 4.82. The first-order chi connectivity index (χ1) is 8.60. The SMILES string of the molecule is CCn1cc(CC(O)c2ccc(Cl)c(C)c2)cn1. The quantitative estimate of drug-likeness (QED) is 0.921. The minimum Gasteiger partial charge on any atom is -0.388 e. The fraction of sp³-hybridized carbons (Fsp3) is 0.357. The third-order valence-corrected chi connectivity index (χ3v) is 3.43. The van der Waals surface area contributed by atoms with E-state index < -0.39 is 6.10 Å². The summed E-state index contributed by atoms with van der Waals surface area (Å²) in [5, 5.41) is 15.1. The number of rotatable bonds is 4. The summed E-state index contributed by atoms with van der Waals surface area (Å²) in [6, 6.07) is 5.62. The molecule has 0 radical (unpaired) electrons. The minimum absolute atomic E-state index is 0.518. The van der Waals surface area contributed by atoms with E-state index in [1.807, 2.05) is 42.9 Å². The van der Waals surface area contributed by atoms with Crippen LogP contribution in [0.4, 0.5) is 0 Å². The molecule has 0 saturated heterocycles. The van der Waals surface area contributed by atoms with Crippen LogP contribution < -0.4 is 0 Å². The van der Waals surface area contributed by atoms with Crippen molar-refractivity contribution in [1.82, 2.24) is 9.78 Å². The smallest absolute Gasteiger partial charge is 0.0831 e. The second-order valence-corrected chi connectivity index (χ2v) is 4.84. The average molecular weight is 265 g/mol. The van der Waals surface area contributed by atoms with E-state index >= 15 is 0 Å². The lowest BCUT2D eigenvalue weighted by Gasteiger charge is -2.11. The Labute approximate surface area is 112 Å². The minimum atomic E-state index is -0.518. The predicted molar refractivity (Wildman–Crippen MR) is 72.8 cm³/mol. The number of halogens is 1. The lowest BCUT2D eigenvalue weighted by Crippen LogP contribution is -2.01. The first-order valence-corrected chi connectivity index (χ1v) is 6.43. The molecule has 0 amide bonds. The molecule has 3 nitrogen and oxygen atoms in total. The van der Waals surface area contributed by atoms with E-state index in [1.54, 1.807) is 6.20 Å². The lowest BCUT2D eigenvalue weighted by atomic mass is 10.0. The highest BCUT2D eigenvalue weighted by Gasteiger charge is 2.11. The largest absolute Gasteiger partial charge is 0.388 e. The molecule has 4 heteroatoms. The van der Waals surface area contributed by atoms with E-state index in [1.165, 1.54) is 0 Å². The van der Waals surface area contributed by atoms with Gasteiger partial charge >= 0.3 is 0 Å². The first-order valence-electron chi connectivity index (χ1n) is 6.05. The maximum Gasteiger partial charge on any atom is 0.0831 e. The van der Waals surface area contributed by atoms with Crippen LogP contribution in [0, 0.1) is 6.92 Å². The van der Waals surface area contributed by atoms with E-state index in [0.29, 0.717) is 6.42 Å². The molecule has 1 atom stereocenters. The summed E-state index contributed by atoms with van der Waals surface area (Å²) in [7, 11) is 0. The van der Waals surface area contributed by atoms with Crippen LogP contribution in [-0.2, 0) is 13.0 Å². The van der Waals surface area contributed by atoms with Gasteiger partial charge in [-0.05, 0) is 36.6 Å². The highest BCUT2D eigenvalue weighted by molar-refractivity contribution is 6.31. The Morgan fingerprint density at radius 2 is 2.22 bits per heavy atom. The molecule has 1 aromatic heterocycles. The highest BCUT2D eigenvalue weighted by Crippen LogP contribution is 2.23. The Balaban J connectivity index is 2.11. The molecule has 0 fully saturated rings. The maximum atomic E-state index is 10.2. The summed E-state index contributed by atoms with van der Waals surface area (Å²) in [5.74, 6) is 0. The average Bonchev–Trinajstić information content (AvgIpc) is 2.80. The fourth-order valence-corrected chi connectivity index (χ4v) is 2.02. The Hall–Kier alpha value is -1.32. The van der Waals surface area contributed by atoms with Crippen molar-refractivity contribution in [3.8, 4) is 0 Å². The number of aliphatic hydroxyl groups is 1. The molecule has 0 spiro atoms. The molecule has 0 aliphatic rings. The molecule has 0 saturated carbocycles. The van der Waals surface area contributed by atoms with Crippen LogP contribution in [0.5, 0.6) is 0 Å². The Morgan fingerprint density at radius 3 is 2.83 bits per heavy atom. The predicted octanol–water partition coefficient (Wildman–Crippen LogP) is 3.14. The van der Waals surface area contributed by atoms with Gasteiger partial charge in [-0.15, -0.1) is 0 Å². The summed E-state index contributed by atoms with van der Waals surface area (Å²) in [4.78, 5) is 0. The molecule has 0 aliphatic carbocycles. The van der Waals surface area contributed by atoms with Gasteiger partial charge in [0.1, 0.15) is 0 Å². The Bertz CT molecular complexity index is 536. The zero-order valence-electron chi connectivity index (χ0n) is 10.6. The van der Waals surface area contributed by atoms with E-state index in [4.69, 9.17) is 11.6 Å². The highest BCUT2D eigenvalue weighted by atomic mass is 35.5. The van der Waals surface area contributed by atoms with Crippen LogP contribution in [0.15, 0.2) is 30.6 Å². The number of hydrogen-bond acceptors (Lipinski definition) is 2. The Kier molecular flexibility index (Phi) is 4.04. The second-order valence-electron chi connectivity index (χ2n) is 4.43. The number of aromatic nitrogens is 2. The lowest BCUT2D eigenvalue weighted by molar-refractivity contribution is 0.178. The molecule has 1 heterocycles. The number of aryl methyl sites for hydroxylation is 2. The molecule has 0 bridgehead atoms.